The maximum absolute atomic E-state index is 12.1. The van der Waals surface area contributed by atoms with Crippen LogP contribution in [-0.4, -0.2) is 29.5 Å². The van der Waals surface area contributed by atoms with Crippen LogP contribution in [0.2, 0.25) is 0 Å². The minimum absolute atomic E-state index is 0.302. The first-order chi connectivity index (χ1) is 11.0. The Morgan fingerprint density at radius 3 is 2.52 bits per heavy atom. The fraction of sp³-hybridized carbons (Fsp3) is 0.444. The van der Waals surface area contributed by atoms with Crippen molar-refractivity contribution in [3.63, 3.8) is 0 Å². The van der Waals surface area contributed by atoms with E-state index in [1.165, 1.54) is 0 Å². The van der Waals surface area contributed by atoms with Gasteiger partial charge in [-0.3, -0.25) is 4.68 Å². The van der Waals surface area contributed by atoms with Gasteiger partial charge in [0.05, 0.1) is 32.2 Å². The second-order valence-electron chi connectivity index (χ2n) is 5.83. The van der Waals surface area contributed by atoms with E-state index in [1.807, 2.05) is 35.9 Å². The molecule has 0 amide bonds. The monoisotopic (exact) mass is 316 g/mol. The molecular formula is C18H24N2O3. The Labute approximate surface area is 137 Å². The van der Waals surface area contributed by atoms with Gasteiger partial charge in [0.25, 0.3) is 0 Å². The highest BCUT2D eigenvalue weighted by Crippen LogP contribution is 2.18. The number of ether oxygens (including phenoxy) is 2. The standard InChI is InChI=1S/C18H24N2O3/c1-5-23-18(21)16-11-19-20(17(16)10-13(2)3)12-14-6-8-15(22-4)9-7-14/h6-9,11,13H,5,10,12H2,1-4H3. The van der Waals surface area contributed by atoms with Gasteiger partial charge in [-0.15, -0.1) is 0 Å². The summed E-state index contributed by atoms with van der Waals surface area (Å²) in [5.74, 6) is 0.947. The van der Waals surface area contributed by atoms with Crippen LogP contribution in [0.1, 0.15) is 42.4 Å². The second kappa shape index (κ2) is 7.81. The molecule has 0 N–H and O–H groups in total. The lowest BCUT2D eigenvalue weighted by Crippen LogP contribution is -2.13. The van der Waals surface area contributed by atoms with Gasteiger partial charge >= 0.3 is 5.97 Å². The zero-order valence-corrected chi connectivity index (χ0v) is 14.2. The summed E-state index contributed by atoms with van der Waals surface area (Å²) >= 11 is 0. The Kier molecular flexibility index (Phi) is 5.79. The zero-order valence-electron chi connectivity index (χ0n) is 14.2. The summed E-state index contributed by atoms with van der Waals surface area (Å²) < 4.78 is 12.2. The first-order valence-electron chi connectivity index (χ1n) is 7.89. The van der Waals surface area contributed by atoms with Crippen molar-refractivity contribution in [2.75, 3.05) is 13.7 Å². The summed E-state index contributed by atoms with van der Waals surface area (Å²) in [5, 5.41) is 4.39. The Balaban J connectivity index is 2.27. The van der Waals surface area contributed by atoms with Crippen molar-refractivity contribution in [3.05, 3.63) is 47.3 Å². The molecule has 1 heterocycles. The van der Waals surface area contributed by atoms with E-state index in [2.05, 4.69) is 18.9 Å². The topological polar surface area (TPSA) is 53.3 Å². The molecule has 1 aromatic carbocycles. The summed E-state index contributed by atoms with van der Waals surface area (Å²) in [6, 6.07) is 7.85. The van der Waals surface area contributed by atoms with Gasteiger partial charge in [0.1, 0.15) is 11.3 Å². The summed E-state index contributed by atoms with van der Waals surface area (Å²) in [5.41, 5.74) is 2.60. The van der Waals surface area contributed by atoms with Gasteiger partial charge < -0.3 is 9.47 Å². The van der Waals surface area contributed by atoms with Crippen molar-refractivity contribution >= 4 is 5.97 Å². The quantitative estimate of drug-likeness (QED) is 0.735. The molecule has 1 aromatic heterocycles. The molecule has 0 spiro atoms. The maximum atomic E-state index is 12.1. The SMILES string of the molecule is CCOC(=O)c1cnn(Cc2ccc(OC)cc2)c1CC(C)C. The van der Waals surface area contributed by atoms with Crippen LogP contribution in [0.25, 0.3) is 0 Å². The van der Waals surface area contributed by atoms with Gasteiger partial charge in [0, 0.05) is 0 Å². The van der Waals surface area contributed by atoms with E-state index in [1.54, 1.807) is 13.3 Å². The average molecular weight is 316 g/mol. The number of hydrogen-bond donors (Lipinski definition) is 0. The molecule has 0 saturated heterocycles. The summed E-state index contributed by atoms with van der Waals surface area (Å²) in [7, 11) is 1.65. The third-order valence-corrected chi connectivity index (χ3v) is 3.54. The van der Waals surface area contributed by atoms with E-state index in [0.29, 0.717) is 24.6 Å². The van der Waals surface area contributed by atoms with E-state index in [0.717, 1.165) is 23.4 Å². The van der Waals surface area contributed by atoms with Crippen molar-refractivity contribution in [2.45, 2.75) is 33.7 Å². The van der Waals surface area contributed by atoms with Gasteiger partial charge in [-0.1, -0.05) is 26.0 Å². The van der Waals surface area contributed by atoms with Gasteiger partial charge in [0.2, 0.25) is 0 Å². The molecule has 2 aromatic rings. The molecule has 0 fully saturated rings. The predicted molar refractivity (Wildman–Crippen MR) is 88.8 cm³/mol. The molecule has 0 saturated carbocycles. The zero-order chi connectivity index (χ0) is 16.8. The highest BCUT2D eigenvalue weighted by atomic mass is 16.5. The van der Waals surface area contributed by atoms with Crippen molar-refractivity contribution in [2.24, 2.45) is 5.92 Å². The molecule has 0 radical (unpaired) electrons. The van der Waals surface area contributed by atoms with Crippen LogP contribution in [0, 0.1) is 5.92 Å². The lowest BCUT2D eigenvalue weighted by Gasteiger charge is -2.12. The molecule has 0 atom stereocenters. The number of esters is 1. The average Bonchev–Trinajstić information content (AvgIpc) is 2.90. The number of nitrogens with zero attached hydrogens (tertiary/aromatic N) is 2. The van der Waals surface area contributed by atoms with E-state index in [-0.39, 0.29) is 5.97 Å². The van der Waals surface area contributed by atoms with E-state index < -0.39 is 0 Å². The van der Waals surface area contributed by atoms with Gasteiger partial charge in [-0.25, -0.2) is 4.79 Å². The van der Waals surface area contributed by atoms with E-state index in [4.69, 9.17) is 9.47 Å². The van der Waals surface area contributed by atoms with Crippen molar-refractivity contribution in [1.29, 1.82) is 0 Å². The molecule has 0 aliphatic carbocycles. The van der Waals surface area contributed by atoms with E-state index in [9.17, 15) is 4.79 Å². The second-order valence-corrected chi connectivity index (χ2v) is 5.83. The number of methoxy groups -OCH3 is 1. The van der Waals surface area contributed by atoms with Crippen LogP contribution in [0.15, 0.2) is 30.5 Å². The molecule has 0 bridgehead atoms. The Morgan fingerprint density at radius 1 is 1.26 bits per heavy atom. The van der Waals surface area contributed by atoms with Crippen molar-refractivity contribution in [3.8, 4) is 5.75 Å². The largest absolute Gasteiger partial charge is 0.497 e. The number of carbonyl (C=O) groups is 1. The lowest BCUT2D eigenvalue weighted by atomic mass is 10.0. The van der Waals surface area contributed by atoms with Crippen LogP contribution < -0.4 is 4.74 Å². The number of benzene rings is 1. The van der Waals surface area contributed by atoms with Gasteiger partial charge in [-0.05, 0) is 37.0 Å². The fourth-order valence-corrected chi connectivity index (χ4v) is 2.43. The third kappa shape index (κ3) is 4.34. The molecule has 23 heavy (non-hydrogen) atoms. The minimum atomic E-state index is -0.302. The molecule has 124 valence electrons. The van der Waals surface area contributed by atoms with Crippen LogP contribution >= 0.6 is 0 Å². The Morgan fingerprint density at radius 2 is 1.96 bits per heavy atom. The van der Waals surface area contributed by atoms with Crippen LogP contribution in [0.4, 0.5) is 0 Å². The fourth-order valence-electron chi connectivity index (χ4n) is 2.43. The summed E-state index contributed by atoms with van der Waals surface area (Å²) in [4.78, 5) is 12.1. The van der Waals surface area contributed by atoms with Crippen LogP contribution in [-0.2, 0) is 17.7 Å². The number of hydrogen-bond acceptors (Lipinski definition) is 4. The lowest BCUT2D eigenvalue weighted by molar-refractivity contribution is 0.0524. The highest BCUT2D eigenvalue weighted by Gasteiger charge is 2.19. The van der Waals surface area contributed by atoms with Crippen molar-refractivity contribution < 1.29 is 14.3 Å². The number of rotatable bonds is 7. The number of aromatic nitrogens is 2. The molecule has 0 unspecified atom stereocenters. The van der Waals surface area contributed by atoms with Gasteiger partial charge in [0.15, 0.2) is 0 Å². The highest BCUT2D eigenvalue weighted by molar-refractivity contribution is 5.90. The van der Waals surface area contributed by atoms with Gasteiger partial charge in [-0.2, -0.15) is 5.10 Å². The minimum Gasteiger partial charge on any atom is -0.497 e. The molecule has 0 aliphatic rings. The molecule has 5 heteroatoms. The smallest absolute Gasteiger partial charge is 0.341 e. The summed E-state index contributed by atoms with van der Waals surface area (Å²) in [6.07, 6.45) is 2.39. The third-order valence-electron chi connectivity index (χ3n) is 3.54. The number of carbonyl (C=O) groups excluding carboxylic acids is 1. The normalized spacial score (nSPS) is 10.8. The molecule has 5 nitrogen and oxygen atoms in total. The first-order valence-corrected chi connectivity index (χ1v) is 7.89. The predicted octanol–water partition coefficient (Wildman–Crippen LogP) is 3.32. The van der Waals surface area contributed by atoms with Crippen LogP contribution in [0.3, 0.4) is 0 Å². The molecule has 0 aliphatic heterocycles. The molecule has 2 rings (SSSR count). The Hall–Kier alpha value is -2.30. The van der Waals surface area contributed by atoms with Crippen molar-refractivity contribution in [1.82, 2.24) is 9.78 Å². The van der Waals surface area contributed by atoms with Crippen LogP contribution in [0.5, 0.6) is 5.75 Å². The molecular weight excluding hydrogens is 292 g/mol. The summed E-state index contributed by atoms with van der Waals surface area (Å²) in [6.45, 7) is 7.04. The maximum Gasteiger partial charge on any atom is 0.341 e. The Bertz CT molecular complexity index is 645. The van der Waals surface area contributed by atoms with E-state index >= 15 is 0 Å². The first kappa shape index (κ1) is 17.1.